The van der Waals surface area contributed by atoms with Gasteiger partial charge in [-0.1, -0.05) is 11.6 Å². The molecule has 1 aliphatic rings. The maximum Gasteiger partial charge on any atom is 0.271 e. The number of pyridine rings is 1. The summed E-state index contributed by atoms with van der Waals surface area (Å²) in [6, 6.07) is 5.49. The van der Waals surface area contributed by atoms with Crippen molar-refractivity contribution in [3.05, 3.63) is 50.7 Å². The van der Waals surface area contributed by atoms with E-state index in [1.807, 2.05) is 13.0 Å². The van der Waals surface area contributed by atoms with Crippen LogP contribution in [0, 0.1) is 6.92 Å². The summed E-state index contributed by atoms with van der Waals surface area (Å²) < 4.78 is 0. The molecule has 0 amide bonds. The molecule has 0 fully saturated rings. The molecule has 0 saturated heterocycles. The van der Waals surface area contributed by atoms with Crippen molar-refractivity contribution in [2.75, 3.05) is 5.32 Å². The summed E-state index contributed by atoms with van der Waals surface area (Å²) in [7, 11) is 0. The Kier molecular flexibility index (Phi) is 3.94. The van der Waals surface area contributed by atoms with Gasteiger partial charge < -0.3 is 5.32 Å². The van der Waals surface area contributed by atoms with Gasteiger partial charge in [-0.05, 0) is 56.4 Å². The fourth-order valence-electron chi connectivity index (χ4n) is 3.73. The summed E-state index contributed by atoms with van der Waals surface area (Å²) in [6.07, 6.45) is 4.10. The molecule has 1 aliphatic carbocycles. The van der Waals surface area contributed by atoms with Crippen molar-refractivity contribution >= 4 is 34.1 Å². The Balaban J connectivity index is 1.67. The van der Waals surface area contributed by atoms with Crippen molar-refractivity contribution in [2.45, 2.75) is 32.6 Å². The summed E-state index contributed by atoms with van der Waals surface area (Å²) in [5.74, 6) is 1.26. The van der Waals surface area contributed by atoms with Crippen LogP contribution in [-0.4, -0.2) is 30.4 Å². The van der Waals surface area contributed by atoms with Gasteiger partial charge in [-0.25, -0.2) is 0 Å². The van der Waals surface area contributed by atoms with E-state index in [-0.39, 0.29) is 5.56 Å². The Morgan fingerprint density at radius 2 is 1.96 bits per heavy atom. The van der Waals surface area contributed by atoms with Crippen molar-refractivity contribution in [1.82, 2.24) is 30.4 Å². The van der Waals surface area contributed by atoms with Gasteiger partial charge in [-0.2, -0.15) is 4.98 Å². The summed E-state index contributed by atoms with van der Waals surface area (Å²) in [5.41, 5.74) is 5.11. The fraction of sp³-hybridized carbons (Fsp3) is 0.263. The quantitative estimate of drug-likeness (QED) is 0.423. The highest BCUT2D eigenvalue weighted by atomic mass is 35.5. The van der Waals surface area contributed by atoms with Crippen molar-refractivity contribution in [1.29, 1.82) is 0 Å². The number of nitrogens with one attached hydrogen (secondary N) is 4. The second-order valence-electron chi connectivity index (χ2n) is 7.01. The zero-order valence-electron chi connectivity index (χ0n) is 15.2. The minimum atomic E-state index is -0.180. The van der Waals surface area contributed by atoms with E-state index in [4.69, 9.17) is 16.6 Å². The number of aromatic nitrogens is 6. The van der Waals surface area contributed by atoms with E-state index in [9.17, 15) is 4.79 Å². The maximum atomic E-state index is 12.0. The van der Waals surface area contributed by atoms with E-state index < -0.39 is 0 Å². The van der Waals surface area contributed by atoms with E-state index in [0.29, 0.717) is 21.9 Å². The number of fused-ring (bicyclic) bond motifs is 2. The molecule has 1 aromatic carbocycles. The summed E-state index contributed by atoms with van der Waals surface area (Å²) in [5, 5.41) is 16.8. The largest absolute Gasteiger partial charge is 0.322 e. The van der Waals surface area contributed by atoms with Crippen molar-refractivity contribution in [3.8, 4) is 11.3 Å². The molecule has 0 spiro atoms. The third-order valence-electron chi connectivity index (χ3n) is 5.08. The Labute approximate surface area is 164 Å². The van der Waals surface area contributed by atoms with Crippen molar-refractivity contribution in [2.24, 2.45) is 0 Å². The second kappa shape index (κ2) is 6.49. The standard InChI is InChI=1S/C19H18ClN7O/c1-9-21-19(27-24-9)23-15-8-16(22-14-5-3-2-4-10(14)15)11-6-12-17(7-13(11)20)25-26-18(12)28/h6-8H,2-5H2,1H3,(H2,25,26,28)(H2,21,22,23,24,27). The van der Waals surface area contributed by atoms with E-state index in [1.54, 1.807) is 12.1 Å². The fourth-order valence-corrected chi connectivity index (χ4v) is 3.99. The van der Waals surface area contributed by atoms with Crippen LogP contribution in [0.5, 0.6) is 0 Å². The third kappa shape index (κ3) is 2.86. The highest BCUT2D eigenvalue weighted by Gasteiger charge is 2.20. The van der Waals surface area contributed by atoms with Crippen LogP contribution in [0.4, 0.5) is 11.6 Å². The van der Waals surface area contributed by atoms with Gasteiger partial charge in [0, 0.05) is 16.9 Å². The SMILES string of the molecule is Cc1nc(Nc2cc(-c3cc4c(=O)[nH][nH]c4cc3Cl)nc3c2CCCC3)n[nH]1. The molecule has 4 N–H and O–H groups in total. The summed E-state index contributed by atoms with van der Waals surface area (Å²) in [4.78, 5) is 21.3. The molecule has 0 atom stereocenters. The Bertz CT molecular complexity index is 1250. The lowest BCUT2D eigenvalue weighted by Crippen LogP contribution is -2.10. The minimum Gasteiger partial charge on any atom is -0.322 e. The molecule has 28 heavy (non-hydrogen) atoms. The molecule has 0 radical (unpaired) electrons. The maximum absolute atomic E-state index is 12.0. The van der Waals surface area contributed by atoms with Crippen LogP contribution in [0.2, 0.25) is 5.02 Å². The lowest BCUT2D eigenvalue weighted by atomic mass is 9.93. The molecule has 0 unspecified atom stereocenters. The first-order chi connectivity index (χ1) is 13.6. The van der Waals surface area contributed by atoms with E-state index >= 15 is 0 Å². The monoisotopic (exact) mass is 395 g/mol. The van der Waals surface area contributed by atoms with Gasteiger partial charge in [0.25, 0.3) is 5.56 Å². The molecule has 142 valence electrons. The van der Waals surface area contributed by atoms with Crippen LogP contribution in [0.3, 0.4) is 0 Å². The number of anilines is 2. The third-order valence-corrected chi connectivity index (χ3v) is 5.40. The number of halogens is 1. The second-order valence-corrected chi connectivity index (χ2v) is 7.42. The lowest BCUT2D eigenvalue weighted by Gasteiger charge is -2.20. The van der Waals surface area contributed by atoms with Crippen molar-refractivity contribution in [3.63, 3.8) is 0 Å². The molecule has 0 bridgehead atoms. The van der Waals surface area contributed by atoms with Gasteiger partial charge in [-0.15, -0.1) is 5.10 Å². The van der Waals surface area contributed by atoms with Gasteiger partial charge in [0.05, 0.1) is 21.6 Å². The van der Waals surface area contributed by atoms with Crippen molar-refractivity contribution < 1.29 is 0 Å². The number of nitrogens with zero attached hydrogens (tertiary/aromatic N) is 3. The first kappa shape index (κ1) is 17.0. The molecule has 4 aromatic rings. The summed E-state index contributed by atoms with van der Waals surface area (Å²) in [6.45, 7) is 1.86. The smallest absolute Gasteiger partial charge is 0.271 e. The molecule has 8 nitrogen and oxygen atoms in total. The van der Waals surface area contributed by atoms with Gasteiger partial charge in [0.15, 0.2) is 0 Å². The average Bonchev–Trinajstić information content (AvgIpc) is 3.26. The Hall–Kier alpha value is -3.13. The molecule has 3 heterocycles. The van der Waals surface area contributed by atoms with Crippen LogP contribution in [0.25, 0.3) is 22.2 Å². The van der Waals surface area contributed by atoms with E-state index in [1.165, 1.54) is 5.56 Å². The minimum absolute atomic E-state index is 0.180. The molecule has 0 aliphatic heterocycles. The molecule has 9 heteroatoms. The number of benzene rings is 1. The zero-order chi connectivity index (χ0) is 19.3. The number of rotatable bonds is 3. The Morgan fingerprint density at radius 1 is 1.11 bits per heavy atom. The van der Waals surface area contributed by atoms with Gasteiger partial charge in [0.2, 0.25) is 5.95 Å². The number of aryl methyl sites for hydroxylation is 2. The highest BCUT2D eigenvalue weighted by Crippen LogP contribution is 2.35. The van der Waals surface area contributed by atoms with Crippen LogP contribution >= 0.6 is 11.6 Å². The topological polar surface area (TPSA) is 115 Å². The van der Waals surface area contributed by atoms with Gasteiger partial charge in [-0.3, -0.25) is 25.1 Å². The predicted molar refractivity (Wildman–Crippen MR) is 108 cm³/mol. The molecular formula is C19H18ClN7O. The summed E-state index contributed by atoms with van der Waals surface area (Å²) >= 11 is 6.52. The average molecular weight is 396 g/mol. The zero-order valence-corrected chi connectivity index (χ0v) is 15.9. The van der Waals surface area contributed by atoms with Crippen LogP contribution in [0.15, 0.2) is 23.0 Å². The number of hydrogen-bond acceptors (Lipinski definition) is 5. The lowest BCUT2D eigenvalue weighted by molar-refractivity contribution is 0.670. The number of aromatic amines is 3. The normalized spacial score (nSPS) is 13.6. The first-order valence-electron chi connectivity index (χ1n) is 9.17. The number of hydrogen-bond donors (Lipinski definition) is 4. The molecular weight excluding hydrogens is 378 g/mol. The molecule has 5 rings (SSSR count). The highest BCUT2D eigenvalue weighted by molar-refractivity contribution is 6.34. The van der Waals surface area contributed by atoms with Crippen LogP contribution < -0.4 is 10.9 Å². The van der Waals surface area contributed by atoms with Gasteiger partial charge in [0.1, 0.15) is 5.82 Å². The molecule has 0 saturated carbocycles. The van der Waals surface area contributed by atoms with Crippen LogP contribution in [-0.2, 0) is 12.8 Å². The van der Waals surface area contributed by atoms with Gasteiger partial charge >= 0.3 is 0 Å². The van der Waals surface area contributed by atoms with Crippen LogP contribution in [0.1, 0.15) is 29.9 Å². The first-order valence-corrected chi connectivity index (χ1v) is 9.55. The molecule has 3 aromatic heterocycles. The van der Waals surface area contributed by atoms with E-state index in [2.05, 4.69) is 30.7 Å². The van der Waals surface area contributed by atoms with E-state index in [0.717, 1.165) is 54.1 Å². The predicted octanol–water partition coefficient (Wildman–Crippen LogP) is 3.62. The number of H-pyrrole nitrogens is 3. The Morgan fingerprint density at radius 3 is 2.79 bits per heavy atom.